The number of carbonyl (C=O) groups excluding carboxylic acids is 1. The zero-order chi connectivity index (χ0) is 19.4. The number of nitrogens with zero attached hydrogens (tertiary/aromatic N) is 1. The van der Waals surface area contributed by atoms with Gasteiger partial charge in [0.15, 0.2) is 0 Å². The topological polar surface area (TPSA) is 51.5 Å². The van der Waals surface area contributed by atoms with E-state index >= 15 is 0 Å². The Hall–Kier alpha value is -2.43. The van der Waals surface area contributed by atoms with E-state index in [-0.39, 0.29) is 12.5 Å². The lowest BCUT2D eigenvalue weighted by Crippen LogP contribution is -2.41. The molecule has 146 valence electrons. The van der Waals surface area contributed by atoms with Crippen LogP contribution in [0.4, 0.5) is 0 Å². The van der Waals surface area contributed by atoms with E-state index in [0.29, 0.717) is 32.5 Å². The number of carbonyl (C=O) groups is 1. The van der Waals surface area contributed by atoms with Gasteiger partial charge in [-0.15, -0.1) is 0 Å². The highest BCUT2D eigenvalue weighted by Crippen LogP contribution is 2.41. The molecule has 0 unspecified atom stereocenters. The molecule has 0 spiro atoms. The molecule has 0 saturated carbocycles. The summed E-state index contributed by atoms with van der Waals surface area (Å²) in [4.78, 5) is 13.6. The first-order valence-corrected chi connectivity index (χ1v) is 10.1. The molecule has 0 amide bonds. The van der Waals surface area contributed by atoms with Crippen LogP contribution >= 0.6 is 0 Å². The second kappa shape index (κ2) is 8.29. The molecule has 4 heteroatoms. The van der Waals surface area contributed by atoms with Crippen LogP contribution in [0.2, 0.25) is 0 Å². The number of aliphatic hydroxyl groups is 1. The van der Waals surface area contributed by atoms with Gasteiger partial charge in [0.1, 0.15) is 0 Å². The minimum Gasteiger partial charge on any atom is -0.396 e. The Bertz CT molecular complexity index is 947. The maximum atomic E-state index is 13.6. The highest BCUT2D eigenvalue weighted by molar-refractivity contribution is 5.97. The van der Waals surface area contributed by atoms with Crippen LogP contribution in [0.5, 0.6) is 0 Å². The highest BCUT2D eigenvalue weighted by atomic mass is 16.5. The zero-order valence-electron chi connectivity index (χ0n) is 16.1. The largest absolute Gasteiger partial charge is 0.396 e. The maximum Gasteiger partial charge on any atom is 0.237 e. The first kappa shape index (κ1) is 18.9. The molecule has 4 nitrogen and oxygen atoms in total. The first-order valence-electron chi connectivity index (χ1n) is 10.1. The third-order valence-electron chi connectivity index (χ3n) is 5.95. The van der Waals surface area contributed by atoms with Crippen LogP contribution in [-0.2, 0) is 17.8 Å². The van der Waals surface area contributed by atoms with E-state index in [1.54, 1.807) is 0 Å². The average Bonchev–Trinajstić information content (AvgIpc) is 3.12. The van der Waals surface area contributed by atoms with Crippen molar-refractivity contribution in [1.82, 2.24) is 4.57 Å². The number of aryl methyl sites for hydroxylation is 1. The molecular formula is C24H27NO3. The third-order valence-corrected chi connectivity index (χ3v) is 5.95. The molecule has 1 aliphatic heterocycles. The van der Waals surface area contributed by atoms with Gasteiger partial charge in [0.05, 0.1) is 17.5 Å². The quantitative estimate of drug-likeness (QED) is 0.584. The Morgan fingerprint density at radius 2 is 1.82 bits per heavy atom. The van der Waals surface area contributed by atoms with Crippen molar-refractivity contribution in [2.75, 3.05) is 13.2 Å². The van der Waals surface area contributed by atoms with Gasteiger partial charge >= 0.3 is 0 Å². The number of hydrogen-bond acceptors (Lipinski definition) is 3. The van der Waals surface area contributed by atoms with Crippen molar-refractivity contribution in [2.24, 2.45) is 5.41 Å². The molecule has 2 heterocycles. The fourth-order valence-electron chi connectivity index (χ4n) is 4.39. The monoisotopic (exact) mass is 377 g/mol. The lowest BCUT2D eigenvalue weighted by Gasteiger charge is -2.37. The zero-order valence-corrected chi connectivity index (χ0v) is 16.1. The summed E-state index contributed by atoms with van der Waals surface area (Å²) >= 11 is 0. The van der Waals surface area contributed by atoms with Crippen molar-refractivity contribution in [3.8, 4) is 0 Å². The summed E-state index contributed by atoms with van der Waals surface area (Å²) in [6.45, 7) is 1.21. The van der Waals surface area contributed by atoms with Gasteiger partial charge in [-0.2, -0.15) is 0 Å². The minimum atomic E-state index is -0.464. The Labute approximate surface area is 165 Å². The number of aromatic nitrogens is 1. The highest BCUT2D eigenvalue weighted by Gasteiger charge is 2.42. The average molecular weight is 377 g/mol. The van der Waals surface area contributed by atoms with Crippen LogP contribution in [0.3, 0.4) is 0 Å². The summed E-state index contributed by atoms with van der Waals surface area (Å²) < 4.78 is 7.82. The molecule has 1 atom stereocenters. The van der Waals surface area contributed by atoms with Gasteiger partial charge < -0.3 is 9.84 Å². The van der Waals surface area contributed by atoms with Gasteiger partial charge in [0.25, 0.3) is 0 Å². The van der Waals surface area contributed by atoms with Crippen LogP contribution in [0.15, 0.2) is 60.7 Å². The molecule has 1 aliphatic rings. The molecule has 0 aliphatic carbocycles. The fourth-order valence-corrected chi connectivity index (χ4v) is 4.39. The summed E-state index contributed by atoms with van der Waals surface area (Å²) in [6.07, 6.45) is 3.72. The second-order valence-electron chi connectivity index (χ2n) is 7.73. The van der Waals surface area contributed by atoms with Crippen LogP contribution in [-0.4, -0.2) is 28.8 Å². The lowest BCUT2D eigenvalue weighted by atomic mass is 9.73. The summed E-state index contributed by atoms with van der Waals surface area (Å²) in [5.74, 6) is 0.159. The van der Waals surface area contributed by atoms with Gasteiger partial charge in [-0.05, 0) is 49.8 Å². The van der Waals surface area contributed by atoms with Crippen molar-refractivity contribution < 1.29 is 14.6 Å². The SMILES string of the molecule is O=C1n2c(cc3ccccc32)CC[C@]1(CCCO)CCOCc1ccccc1. The van der Waals surface area contributed by atoms with E-state index in [2.05, 4.69) is 12.1 Å². The maximum absolute atomic E-state index is 13.6. The number of para-hydroxylation sites is 1. The number of ether oxygens (including phenoxy) is 1. The van der Waals surface area contributed by atoms with E-state index in [1.807, 2.05) is 53.1 Å². The van der Waals surface area contributed by atoms with Crippen molar-refractivity contribution in [1.29, 1.82) is 0 Å². The van der Waals surface area contributed by atoms with Gasteiger partial charge in [-0.3, -0.25) is 9.36 Å². The van der Waals surface area contributed by atoms with E-state index < -0.39 is 5.41 Å². The smallest absolute Gasteiger partial charge is 0.237 e. The first-order chi connectivity index (χ1) is 13.7. The minimum absolute atomic E-state index is 0.110. The van der Waals surface area contributed by atoms with Crippen molar-refractivity contribution in [2.45, 2.75) is 38.7 Å². The van der Waals surface area contributed by atoms with Gasteiger partial charge in [-0.1, -0.05) is 48.5 Å². The van der Waals surface area contributed by atoms with E-state index in [4.69, 9.17) is 4.74 Å². The third kappa shape index (κ3) is 3.62. The van der Waals surface area contributed by atoms with Crippen LogP contribution in [0, 0.1) is 5.41 Å². The Morgan fingerprint density at radius 3 is 2.64 bits per heavy atom. The van der Waals surface area contributed by atoms with Crippen molar-refractivity contribution in [3.63, 3.8) is 0 Å². The molecule has 0 fully saturated rings. The summed E-state index contributed by atoms with van der Waals surface area (Å²) in [5.41, 5.74) is 2.76. The number of hydrogen-bond donors (Lipinski definition) is 1. The second-order valence-corrected chi connectivity index (χ2v) is 7.73. The summed E-state index contributed by atoms with van der Waals surface area (Å²) in [5, 5.41) is 10.5. The molecule has 0 bridgehead atoms. The van der Waals surface area contributed by atoms with Crippen LogP contribution in [0.25, 0.3) is 10.9 Å². The molecule has 1 N–H and O–H groups in total. The molecule has 28 heavy (non-hydrogen) atoms. The fraction of sp³-hybridized carbons (Fsp3) is 0.375. The normalized spacial score (nSPS) is 19.1. The van der Waals surface area contributed by atoms with Gasteiger partial charge in [-0.25, -0.2) is 0 Å². The molecule has 2 aromatic carbocycles. The van der Waals surface area contributed by atoms with Crippen molar-refractivity contribution >= 4 is 16.8 Å². The van der Waals surface area contributed by atoms with Crippen LogP contribution < -0.4 is 0 Å². The molecule has 1 aromatic heterocycles. The summed E-state index contributed by atoms with van der Waals surface area (Å²) in [7, 11) is 0. The molecular weight excluding hydrogens is 350 g/mol. The van der Waals surface area contributed by atoms with Gasteiger partial charge in [0.2, 0.25) is 5.91 Å². The number of benzene rings is 2. The van der Waals surface area contributed by atoms with E-state index in [1.165, 1.54) is 0 Å². The molecule has 0 saturated heterocycles. The standard InChI is InChI=1S/C24H27NO3/c26-15-6-12-24(14-16-28-18-19-7-2-1-3-8-19)13-11-21-17-20-9-4-5-10-22(20)25(21)23(24)27/h1-5,7-10,17,26H,6,11-16,18H2/t24-/m1/s1. The predicted molar refractivity (Wildman–Crippen MR) is 110 cm³/mol. The molecule has 0 radical (unpaired) electrons. The Morgan fingerprint density at radius 1 is 1.04 bits per heavy atom. The summed E-state index contributed by atoms with van der Waals surface area (Å²) in [6, 6.07) is 20.3. The predicted octanol–water partition coefficient (Wildman–Crippen LogP) is 4.59. The van der Waals surface area contributed by atoms with Crippen LogP contribution in [0.1, 0.15) is 41.7 Å². The Kier molecular flexibility index (Phi) is 5.60. The lowest BCUT2D eigenvalue weighted by molar-refractivity contribution is 0.0417. The van der Waals surface area contributed by atoms with E-state index in [0.717, 1.165) is 35.0 Å². The van der Waals surface area contributed by atoms with Gasteiger partial charge in [0, 0.05) is 24.3 Å². The van der Waals surface area contributed by atoms with E-state index in [9.17, 15) is 9.90 Å². The van der Waals surface area contributed by atoms with Crippen molar-refractivity contribution in [3.05, 3.63) is 71.9 Å². The number of aliphatic hydroxyl groups excluding tert-OH is 1. The Balaban J connectivity index is 1.53. The molecule has 3 aromatic rings. The molecule has 4 rings (SSSR count). The number of rotatable bonds is 8. The number of fused-ring (bicyclic) bond motifs is 3.